The fourth-order valence-electron chi connectivity index (χ4n) is 8.27. The summed E-state index contributed by atoms with van der Waals surface area (Å²) in [6, 6.07) is 16.4. The van der Waals surface area contributed by atoms with Gasteiger partial charge in [-0.15, -0.1) is 0 Å². The second kappa shape index (κ2) is 10.3. The van der Waals surface area contributed by atoms with Gasteiger partial charge in [-0.25, -0.2) is 8.42 Å². The number of nitrogens with one attached hydrogen (secondary N) is 1. The standard InChI is InChI=1S/C31H41N3O3S/c1-38(36,37)34(22-30(35)32-20-23-5-4-6-24(13-23)21-33-11-2-3-12-33)29-9-7-28(8-10-29)31-17-25-14-26(18-31)16-27(15-25)19-31/h4-10,13,25-27H,2-3,11-12,14-22H2,1H3,(H,32,35). The SMILES string of the molecule is CS(=O)(=O)N(CC(=O)NCc1cccc(CN2CCCC2)c1)c1ccc(C23CC4CC(CC(C4)C2)C3)cc1. The van der Waals surface area contributed by atoms with Gasteiger partial charge in [0.2, 0.25) is 15.9 Å². The average molecular weight is 536 g/mol. The van der Waals surface area contributed by atoms with Crippen LogP contribution in [-0.4, -0.2) is 45.1 Å². The van der Waals surface area contributed by atoms with Crippen molar-refractivity contribution in [3.8, 4) is 0 Å². The number of hydrogen-bond donors (Lipinski definition) is 1. The number of rotatable bonds is 9. The fourth-order valence-corrected chi connectivity index (χ4v) is 9.13. The number of sulfonamides is 1. The van der Waals surface area contributed by atoms with Crippen LogP contribution in [0.15, 0.2) is 48.5 Å². The number of carbonyl (C=O) groups excluding carboxylic acids is 1. The maximum absolute atomic E-state index is 12.9. The molecule has 7 heteroatoms. The number of carbonyl (C=O) groups is 1. The van der Waals surface area contributed by atoms with E-state index in [4.69, 9.17) is 0 Å². The Morgan fingerprint density at radius 2 is 1.55 bits per heavy atom. The van der Waals surface area contributed by atoms with Crippen LogP contribution in [0.3, 0.4) is 0 Å². The van der Waals surface area contributed by atoms with Crippen LogP contribution in [0.25, 0.3) is 0 Å². The van der Waals surface area contributed by atoms with Crippen molar-refractivity contribution in [3.05, 3.63) is 65.2 Å². The fraction of sp³-hybridized carbons (Fsp3) is 0.581. The quantitative estimate of drug-likeness (QED) is 0.499. The molecule has 1 amide bonds. The van der Waals surface area contributed by atoms with E-state index in [0.717, 1.165) is 43.0 Å². The van der Waals surface area contributed by atoms with Crippen molar-refractivity contribution in [1.29, 1.82) is 0 Å². The van der Waals surface area contributed by atoms with Crippen LogP contribution in [0.2, 0.25) is 0 Å². The Kier molecular flexibility index (Phi) is 7.02. The average Bonchev–Trinajstić information content (AvgIpc) is 3.38. The molecule has 4 saturated carbocycles. The van der Waals surface area contributed by atoms with Crippen molar-refractivity contribution in [2.45, 2.75) is 69.9 Å². The molecule has 0 spiro atoms. The minimum atomic E-state index is -3.61. The number of benzene rings is 2. The first kappa shape index (κ1) is 25.9. The van der Waals surface area contributed by atoms with Crippen molar-refractivity contribution >= 4 is 21.6 Å². The zero-order chi connectivity index (χ0) is 26.3. The van der Waals surface area contributed by atoms with E-state index in [0.29, 0.717) is 12.2 Å². The van der Waals surface area contributed by atoms with Crippen molar-refractivity contribution in [3.63, 3.8) is 0 Å². The number of nitrogens with zero attached hydrogens (tertiary/aromatic N) is 2. The Balaban J connectivity index is 1.10. The maximum atomic E-state index is 12.9. The third-order valence-corrected chi connectivity index (χ3v) is 10.7. The highest BCUT2D eigenvalue weighted by Gasteiger charge is 2.51. The van der Waals surface area contributed by atoms with E-state index in [2.05, 4.69) is 34.5 Å². The summed E-state index contributed by atoms with van der Waals surface area (Å²) in [7, 11) is -3.61. The van der Waals surface area contributed by atoms with E-state index in [1.54, 1.807) is 0 Å². The van der Waals surface area contributed by atoms with Gasteiger partial charge >= 0.3 is 0 Å². The van der Waals surface area contributed by atoms with Gasteiger partial charge in [0.15, 0.2) is 0 Å². The molecule has 204 valence electrons. The van der Waals surface area contributed by atoms with E-state index in [9.17, 15) is 13.2 Å². The monoisotopic (exact) mass is 535 g/mol. The zero-order valence-electron chi connectivity index (χ0n) is 22.6. The van der Waals surface area contributed by atoms with Crippen LogP contribution in [0.1, 0.15) is 68.1 Å². The molecule has 7 rings (SSSR count). The van der Waals surface area contributed by atoms with E-state index in [1.165, 1.54) is 73.1 Å². The maximum Gasteiger partial charge on any atom is 0.241 e. The van der Waals surface area contributed by atoms with Crippen LogP contribution in [-0.2, 0) is 33.3 Å². The lowest BCUT2D eigenvalue weighted by molar-refractivity contribution is -0.119. The molecular formula is C31H41N3O3S. The van der Waals surface area contributed by atoms with Crippen LogP contribution >= 0.6 is 0 Å². The van der Waals surface area contributed by atoms with Crippen molar-refractivity contribution in [2.24, 2.45) is 17.8 Å². The molecule has 1 heterocycles. The summed E-state index contributed by atoms with van der Waals surface area (Å²) in [6.07, 6.45) is 11.7. The number of likely N-dealkylation sites (tertiary alicyclic amines) is 1. The van der Waals surface area contributed by atoms with E-state index in [-0.39, 0.29) is 17.9 Å². The first-order valence-corrected chi connectivity index (χ1v) is 16.3. The molecule has 1 N–H and O–H groups in total. The smallest absolute Gasteiger partial charge is 0.241 e. The lowest BCUT2D eigenvalue weighted by Gasteiger charge is -2.57. The predicted molar refractivity (Wildman–Crippen MR) is 151 cm³/mol. The van der Waals surface area contributed by atoms with E-state index in [1.807, 2.05) is 24.3 Å². The van der Waals surface area contributed by atoms with Crippen molar-refractivity contribution < 1.29 is 13.2 Å². The highest BCUT2D eigenvalue weighted by Crippen LogP contribution is 2.60. The zero-order valence-corrected chi connectivity index (χ0v) is 23.4. The molecule has 0 atom stereocenters. The molecule has 1 saturated heterocycles. The highest BCUT2D eigenvalue weighted by molar-refractivity contribution is 7.92. The topological polar surface area (TPSA) is 69.7 Å². The van der Waals surface area contributed by atoms with Gasteiger partial charge in [-0.1, -0.05) is 36.4 Å². The molecule has 1 aliphatic heterocycles. The van der Waals surface area contributed by atoms with Crippen molar-refractivity contribution in [2.75, 3.05) is 30.2 Å². The Labute approximate surface area is 227 Å². The summed E-state index contributed by atoms with van der Waals surface area (Å²) in [6.45, 7) is 3.39. The highest BCUT2D eigenvalue weighted by atomic mass is 32.2. The third kappa shape index (κ3) is 5.50. The van der Waals surface area contributed by atoms with Gasteiger partial charge in [0, 0.05) is 13.1 Å². The molecule has 4 aliphatic carbocycles. The molecule has 2 aromatic carbocycles. The number of hydrogen-bond acceptors (Lipinski definition) is 4. The largest absolute Gasteiger partial charge is 0.350 e. The van der Waals surface area contributed by atoms with E-state index >= 15 is 0 Å². The Hall–Kier alpha value is -2.38. The molecule has 0 radical (unpaired) electrons. The Morgan fingerprint density at radius 3 is 2.16 bits per heavy atom. The molecule has 5 fully saturated rings. The summed E-state index contributed by atoms with van der Waals surface area (Å²) < 4.78 is 26.6. The molecule has 0 unspecified atom stereocenters. The predicted octanol–water partition coefficient (Wildman–Crippen LogP) is 4.83. The van der Waals surface area contributed by atoms with Gasteiger partial charge in [0.05, 0.1) is 11.9 Å². The van der Waals surface area contributed by atoms with Crippen LogP contribution in [0.5, 0.6) is 0 Å². The summed E-state index contributed by atoms with van der Waals surface area (Å²) in [5.74, 6) is 2.28. The van der Waals surface area contributed by atoms with Crippen molar-refractivity contribution in [1.82, 2.24) is 10.2 Å². The molecule has 5 aliphatic rings. The summed E-state index contributed by atoms with van der Waals surface area (Å²) >= 11 is 0. The molecule has 0 aromatic heterocycles. The molecule has 2 aromatic rings. The van der Waals surface area contributed by atoms with Crippen LogP contribution in [0.4, 0.5) is 5.69 Å². The molecule has 6 nitrogen and oxygen atoms in total. The Bertz CT molecular complexity index is 1230. The van der Waals surface area contributed by atoms with Gasteiger partial charge in [-0.3, -0.25) is 14.0 Å². The van der Waals surface area contributed by atoms with Gasteiger partial charge in [-0.2, -0.15) is 0 Å². The number of anilines is 1. The Morgan fingerprint density at radius 1 is 0.947 bits per heavy atom. The molecule has 38 heavy (non-hydrogen) atoms. The first-order chi connectivity index (χ1) is 18.3. The molecular weight excluding hydrogens is 494 g/mol. The van der Waals surface area contributed by atoms with Gasteiger partial charge < -0.3 is 5.32 Å². The normalized spacial score (nSPS) is 28.5. The second-order valence-corrected chi connectivity index (χ2v) is 14.5. The van der Waals surface area contributed by atoms with Crippen LogP contribution < -0.4 is 9.62 Å². The minimum Gasteiger partial charge on any atom is -0.350 e. The van der Waals surface area contributed by atoms with Gasteiger partial charge in [0.1, 0.15) is 6.54 Å². The number of amides is 1. The summed E-state index contributed by atoms with van der Waals surface area (Å²) in [5, 5.41) is 2.93. The van der Waals surface area contributed by atoms with Gasteiger partial charge in [0.25, 0.3) is 0 Å². The minimum absolute atomic E-state index is 0.219. The van der Waals surface area contributed by atoms with Gasteiger partial charge in [-0.05, 0) is 116 Å². The third-order valence-electron chi connectivity index (χ3n) is 9.58. The summed E-state index contributed by atoms with van der Waals surface area (Å²) in [5.41, 5.74) is 4.45. The molecule has 4 bridgehead atoms. The van der Waals surface area contributed by atoms with Crippen LogP contribution in [0, 0.1) is 17.8 Å². The lowest BCUT2D eigenvalue weighted by Crippen LogP contribution is -2.48. The second-order valence-electron chi connectivity index (χ2n) is 12.6. The lowest BCUT2D eigenvalue weighted by atomic mass is 9.48. The van der Waals surface area contributed by atoms with E-state index < -0.39 is 10.0 Å². The first-order valence-electron chi connectivity index (χ1n) is 14.4. The summed E-state index contributed by atoms with van der Waals surface area (Å²) in [4.78, 5) is 15.3.